The molecule has 1 aromatic rings. The Balaban J connectivity index is 2.52. The first-order valence-electron chi connectivity index (χ1n) is 7.29. The second kappa shape index (κ2) is 6.75. The fourth-order valence-electron chi connectivity index (χ4n) is 2.48. The molecule has 2 heterocycles. The molecule has 136 valence electrons. The molecule has 0 aliphatic carbocycles. The molecule has 0 bridgehead atoms. The lowest BCUT2D eigenvalue weighted by atomic mass is 10.1. The van der Waals surface area contributed by atoms with Crippen molar-refractivity contribution in [1.29, 1.82) is 0 Å². The zero-order valence-electron chi connectivity index (χ0n) is 13.8. The van der Waals surface area contributed by atoms with E-state index in [9.17, 15) is 23.1 Å². The molecule has 1 N–H and O–H groups in total. The molecule has 1 aliphatic rings. The van der Waals surface area contributed by atoms with Crippen molar-refractivity contribution >= 4 is 17.5 Å². The van der Waals surface area contributed by atoms with Crippen molar-refractivity contribution in [3.63, 3.8) is 0 Å². The summed E-state index contributed by atoms with van der Waals surface area (Å²) in [6.45, 7) is 6.62. The van der Waals surface area contributed by atoms with Crippen LogP contribution in [0.4, 0.5) is 19.0 Å². The summed E-state index contributed by atoms with van der Waals surface area (Å²) in [4.78, 5) is 16.8. The highest BCUT2D eigenvalue weighted by atomic mass is 19.4. The molecule has 0 aromatic carbocycles. The SMILES string of the molecule is C=C(OCC)c1cnc(N2C(=O)C(C)=C(OC)C2O)cc1C(F)(F)F. The van der Waals surface area contributed by atoms with Crippen LogP contribution in [0.1, 0.15) is 25.0 Å². The molecule has 1 unspecified atom stereocenters. The van der Waals surface area contributed by atoms with Gasteiger partial charge < -0.3 is 14.6 Å². The minimum atomic E-state index is -4.73. The van der Waals surface area contributed by atoms with Crippen molar-refractivity contribution in [3.8, 4) is 0 Å². The van der Waals surface area contributed by atoms with Gasteiger partial charge in [0.1, 0.15) is 11.6 Å². The quantitative estimate of drug-likeness (QED) is 0.820. The van der Waals surface area contributed by atoms with Crippen LogP contribution in [0, 0.1) is 0 Å². The second-order valence-electron chi connectivity index (χ2n) is 5.18. The van der Waals surface area contributed by atoms with E-state index in [1.54, 1.807) is 6.92 Å². The third-order valence-corrected chi connectivity index (χ3v) is 3.67. The molecule has 1 aliphatic heterocycles. The van der Waals surface area contributed by atoms with Gasteiger partial charge in [-0.15, -0.1) is 0 Å². The normalized spacial score (nSPS) is 18.0. The Hall–Kier alpha value is -2.55. The van der Waals surface area contributed by atoms with Gasteiger partial charge in [-0.25, -0.2) is 4.98 Å². The molecule has 1 atom stereocenters. The highest BCUT2D eigenvalue weighted by Gasteiger charge is 2.41. The summed E-state index contributed by atoms with van der Waals surface area (Å²) < 4.78 is 50.2. The van der Waals surface area contributed by atoms with E-state index in [1.165, 1.54) is 14.0 Å². The van der Waals surface area contributed by atoms with Crippen LogP contribution >= 0.6 is 0 Å². The highest BCUT2D eigenvalue weighted by molar-refractivity contribution is 6.08. The third kappa shape index (κ3) is 3.32. The number of carbonyl (C=O) groups is 1. The number of rotatable bonds is 5. The van der Waals surface area contributed by atoms with Crippen molar-refractivity contribution in [2.75, 3.05) is 18.6 Å². The van der Waals surface area contributed by atoms with Gasteiger partial charge in [0.15, 0.2) is 12.0 Å². The van der Waals surface area contributed by atoms with E-state index in [1.807, 2.05) is 0 Å². The summed E-state index contributed by atoms with van der Waals surface area (Å²) in [6, 6.07) is 0.673. The first-order valence-corrected chi connectivity index (χ1v) is 7.29. The molecule has 0 saturated heterocycles. The molecule has 9 heteroatoms. The van der Waals surface area contributed by atoms with Crippen LogP contribution in [-0.2, 0) is 20.4 Å². The molecule has 0 fully saturated rings. The van der Waals surface area contributed by atoms with Crippen molar-refractivity contribution in [2.45, 2.75) is 26.3 Å². The topological polar surface area (TPSA) is 71.9 Å². The summed E-state index contributed by atoms with van der Waals surface area (Å²) in [5.41, 5.74) is -1.32. The number of aliphatic hydroxyl groups excluding tert-OH is 1. The zero-order valence-corrected chi connectivity index (χ0v) is 13.8. The molecule has 6 nitrogen and oxygen atoms in total. The van der Waals surface area contributed by atoms with Gasteiger partial charge in [0.05, 0.1) is 24.9 Å². The number of pyridine rings is 1. The lowest BCUT2D eigenvalue weighted by molar-refractivity contribution is -0.138. The van der Waals surface area contributed by atoms with E-state index in [4.69, 9.17) is 9.47 Å². The number of amides is 1. The first-order chi connectivity index (χ1) is 11.6. The zero-order chi connectivity index (χ0) is 18.9. The first kappa shape index (κ1) is 18.8. The van der Waals surface area contributed by atoms with E-state index in [2.05, 4.69) is 11.6 Å². The molecule has 25 heavy (non-hydrogen) atoms. The molecular weight excluding hydrogens is 341 g/mol. The lowest BCUT2D eigenvalue weighted by Crippen LogP contribution is -2.36. The van der Waals surface area contributed by atoms with Gasteiger partial charge in [-0.05, 0) is 19.9 Å². The Labute approximate surface area is 142 Å². The van der Waals surface area contributed by atoms with Crippen LogP contribution in [0.5, 0.6) is 0 Å². The average molecular weight is 358 g/mol. The van der Waals surface area contributed by atoms with Crippen LogP contribution in [0.2, 0.25) is 0 Å². The molecule has 1 aromatic heterocycles. The van der Waals surface area contributed by atoms with Crippen LogP contribution in [0.25, 0.3) is 5.76 Å². The number of carbonyl (C=O) groups excluding carboxylic acids is 1. The van der Waals surface area contributed by atoms with Gasteiger partial charge >= 0.3 is 6.18 Å². The van der Waals surface area contributed by atoms with Crippen LogP contribution in [-0.4, -0.2) is 35.9 Å². The van der Waals surface area contributed by atoms with Gasteiger partial charge in [0, 0.05) is 11.8 Å². The number of hydrogen-bond donors (Lipinski definition) is 1. The van der Waals surface area contributed by atoms with Crippen molar-refractivity contribution in [2.24, 2.45) is 0 Å². The lowest BCUT2D eigenvalue weighted by Gasteiger charge is -2.23. The number of aliphatic hydroxyl groups is 1. The van der Waals surface area contributed by atoms with Gasteiger partial charge in [-0.3, -0.25) is 9.69 Å². The van der Waals surface area contributed by atoms with Gasteiger partial charge in [-0.1, -0.05) is 6.58 Å². The van der Waals surface area contributed by atoms with E-state index >= 15 is 0 Å². The summed E-state index contributed by atoms with van der Waals surface area (Å²) >= 11 is 0. The number of aromatic nitrogens is 1. The highest BCUT2D eigenvalue weighted by Crippen LogP contribution is 2.38. The summed E-state index contributed by atoms with van der Waals surface area (Å²) in [6.07, 6.45) is -5.36. The molecule has 1 amide bonds. The molecule has 2 rings (SSSR count). The molecule has 0 spiro atoms. The number of anilines is 1. The Morgan fingerprint density at radius 1 is 1.48 bits per heavy atom. The summed E-state index contributed by atoms with van der Waals surface area (Å²) in [5, 5.41) is 10.2. The van der Waals surface area contributed by atoms with Crippen molar-refractivity contribution in [1.82, 2.24) is 4.98 Å². The van der Waals surface area contributed by atoms with Gasteiger partial charge in [0.2, 0.25) is 0 Å². The minimum Gasteiger partial charge on any atom is -0.496 e. The predicted molar refractivity (Wildman–Crippen MR) is 83.1 cm³/mol. The maximum atomic E-state index is 13.4. The number of alkyl halides is 3. The molecule has 0 radical (unpaired) electrons. The smallest absolute Gasteiger partial charge is 0.417 e. The van der Waals surface area contributed by atoms with E-state index in [0.717, 1.165) is 11.1 Å². The number of nitrogens with zero attached hydrogens (tertiary/aromatic N) is 2. The van der Waals surface area contributed by atoms with Crippen molar-refractivity contribution in [3.05, 3.63) is 41.3 Å². The van der Waals surface area contributed by atoms with Crippen LogP contribution < -0.4 is 4.90 Å². The van der Waals surface area contributed by atoms with E-state index in [0.29, 0.717) is 6.07 Å². The minimum absolute atomic E-state index is 0.0387. The van der Waals surface area contributed by atoms with Gasteiger partial charge in [-0.2, -0.15) is 13.2 Å². The molecular formula is C16H17F3N2O4. The number of halogens is 3. The Kier molecular flexibility index (Phi) is 5.07. The van der Waals surface area contributed by atoms with Gasteiger partial charge in [0.25, 0.3) is 5.91 Å². The van der Waals surface area contributed by atoms with Crippen LogP contribution in [0.15, 0.2) is 30.2 Å². The second-order valence-corrected chi connectivity index (χ2v) is 5.18. The average Bonchev–Trinajstić information content (AvgIpc) is 2.75. The summed E-state index contributed by atoms with van der Waals surface area (Å²) in [5.74, 6) is -1.28. The monoisotopic (exact) mass is 358 g/mol. The maximum Gasteiger partial charge on any atom is 0.417 e. The van der Waals surface area contributed by atoms with Crippen molar-refractivity contribution < 1.29 is 32.5 Å². The van der Waals surface area contributed by atoms with E-state index < -0.39 is 23.9 Å². The predicted octanol–water partition coefficient (Wildman–Crippen LogP) is 2.69. The maximum absolute atomic E-state index is 13.4. The molecule has 0 saturated carbocycles. The Morgan fingerprint density at radius 3 is 2.60 bits per heavy atom. The standard InChI is InChI=1S/C16H17F3N2O4/c1-5-25-9(3)10-7-20-12(6-11(10)16(17,18)19)21-14(22)8(2)13(24-4)15(21)23/h6-7,15,23H,3,5H2,1-2,4H3. The fraction of sp³-hybridized carbons (Fsp3) is 0.375. The third-order valence-electron chi connectivity index (χ3n) is 3.67. The summed E-state index contributed by atoms with van der Waals surface area (Å²) in [7, 11) is 1.25. The fourth-order valence-corrected chi connectivity index (χ4v) is 2.48. The number of methoxy groups -OCH3 is 1. The van der Waals surface area contributed by atoms with Crippen LogP contribution in [0.3, 0.4) is 0 Å². The van der Waals surface area contributed by atoms with E-state index in [-0.39, 0.29) is 35.1 Å². The Bertz CT molecular complexity index is 743. The Morgan fingerprint density at radius 2 is 2.12 bits per heavy atom. The number of hydrogen-bond acceptors (Lipinski definition) is 5. The number of ether oxygens (including phenoxy) is 2. The largest absolute Gasteiger partial charge is 0.496 e.